The molecule has 1 aromatic carbocycles. The molecular formula is C11H11N3O3S. The molecule has 0 atom stereocenters. The van der Waals surface area contributed by atoms with Crippen molar-refractivity contribution in [1.82, 2.24) is 9.97 Å². The van der Waals surface area contributed by atoms with Crippen LogP contribution in [0.15, 0.2) is 47.6 Å². The molecule has 0 bridgehead atoms. The molecule has 2 rings (SSSR count). The number of anilines is 1. The minimum absolute atomic E-state index is 0.178. The minimum Gasteiger partial charge on any atom is -0.467 e. The molecule has 0 saturated carbocycles. The fourth-order valence-corrected chi connectivity index (χ4v) is 2.34. The van der Waals surface area contributed by atoms with Gasteiger partial charge in [0.2, 0.25) is 0 Å². The lowest BCUT2D eigenvalue weighted by molar-refractivity contribution is 0.380. The molecule has 0 unspecified atom stereocenters. The van der Waals surface area contributed by atoms with Crippen molar-refractivity contribution in [2.75, 3.05) is 11.8 Å². The predicted molar refractivity (Wildman–Crippen MR) is 65.8 cm³/mol. The first-order valence-electron chi connectivity index (χ1n) is 5.06. The van der Waals surface area contributed by atoms with Gasteiger partial charge in [-0.1, -0.05) is 18.2 Å². The highest BCUT2D eigenvalue weighted by atomic mass is 32.2. The van der Waals surface area contributed by atoms with E-state index in [1.807, 2.05) is 0 Å². The normalized spacial score (nSPS) is 10.9. The average Bonchev–Trinajstić information content (AvgIpc) is 2.40. The summed E-state index contributed by atoms with van der Waals surface area (Å²) in [5, 5.41) is 0. The van der Waals surface area contributed by atoms with Gasteiger partial charge >= 0.3 is 6.01 Å². The Balaban J connectivity index is 2.22. The lowest BCUT2D eigenvalue weighted by Crippen LogP contribution is -2.13. The topological polar surface area (TPSA) is 81.2 Å². The van der Waals surface area contributed by atoms with Crippen molar-refractivity contribution < 1.29 is 13.2 Å². The lowest BCUT2D eigenvalue weighted by atomic mass is 10.4. The van der Waals surface area contributed by atoms with E-state index < -0.39 is 10.0 Å². The van der Waals surface area contributed by atoms with E-state index in [1.165, 1.54) is 31.6 Å². The van der Waals surface area contributed by atoms with E-state index in [2.05, 4.69) is 14.7 Å². The fourth-order valence-electron chi connectivity index (χ4n) is 1.29. The fraction of sp³-hybridized carbons (Fsp3) is 0.0909. The van der Waals surface area contributed by atoms with Gasteiger partial charge in [-0.3, -0.25) is 4.72 Å². The molecule has 0 aliphatic carbocycles. The highest BCUT2D eigenvalue weighted by molar-refractivity contribution is 7.92. The van der Waals surface area contributed by atoms with E-state index in [-0.39, 0.29) is 16.6 Å². The number of hydrogen-bond donors (Lipinski definition) is 1. The van der Waals surface area contributed by atoms with Crippen molar-refractivity contribution in [2.24, 2.45) is 0 Å². The van der Waals surface area contributed by atoms with Gasteiger partial charge in [-0.05, 0) is 12.1 Å². The number of hydrogen-bond acceptors (Lipinski definition) is 5. The Hall–Kier alpha value is -2.15. The summed E-state index contributed by atoms with van der Waals surface area (Å²) < 4.78 is 31.1. The molecule has 94 valence electrons. The summed E-state index contributed by atoms with van der Waals surface area (Å²) in [5.74, 6) is 0. The zero-order chi connectivity index (χ0) is 13.0. The molecular weight excluding hydrogens is 254 g/mol. The highest BCUT2D eigenvalue weighted by Crippen LogP contribution is 2.14. The van der Waals surface area contributed by atoms with Crippen molar-refractivity contribution >= 4 is 15.7 Å². The lowest BCUT2D eigenvalue weighted by Gasteiger charge is -2.07. The monoisotopic (exact) mass is 265 g/mol. The molecule has 0 fully saturated rings. The summed E-state index contributed by atoms with van der Waals surface area (Å²) in [4.78, 5) is 7.81. The Morgan fingerprint density at radius 1 is 1.11 bits per heavy atom. The molecule has 2 aromatic rings. The predicted octanol–water partition coefficient (Wildman–Crippen LogP) is 1.29. The van der Waals surface area contributed by atoms with Gasteiger partial charge in [0, 0.05) is 0 Å². The summed E-state index contributed by atoms with van der Waals surface area (Å²) in [7, 11) is -2.17. The summed E-state index contributed by atoms with van der Waals surface area (Å²) in [6.07, 6.45) is 2.68. The molecule has 0 saturated heterocycles. The van der Waals surface area contributed by atoms with Crippen LogP contribution in [0.4, 0.5) is 5.69 Å². The Kier molecular flexibility index (Phi) is 3.42. The second kappa shape index (κ2) is 5.01. The Labute approximate surface area is 105 Å². The van der Waals surface area contributed by atoms with Crippen LogP contribution in [0, 0.1) is 0 Å². The van der Waals surface area contributed by atoms with Crippen molar-refractivity contribution in [2.45, 2.75) is 4.90 Å². The SMILES string of the molecule is COc1ncc(NS(=O)(=O)c2ccccc2)cn1. The van der Waals surface area contributed by atoms with Gasteiger partial charge in [0.15, 0.2) is 0 Å². The van der Waals surface area contributed by atoms with E-state index in [1.54, 1.807) is 18.2 Å². The maximum atomic E-state index is 12.0. The maximum absolute atomic E-state index is 12.0. The van der Waals surface area contributed by atoms with Gasteiger partial charge in [0.1, 0.15) is 0 Å². The van der Waals surface area contributed by atoms with E-state index in [0.29, 0.717) is 0 Å². The smallest absolute Gasteiger partial charge is 0.316 e. The Morgan fingerprint density at radius 2 is 1.72 bits per heavy atom. The van der Waals surface area contributed by atoms with Crippen LogP contribution in [0.2, 0.25) is 0 Å². The molecule has 1 heterocycles. The van der Waals surface area contributed by atoms with Crippen LogP contribution in [-0.4, -0.2) is 25.5 Å². The number of nitrogens with zero attached hydrogens (tertiary/aromatic N) is 2. The summed E-state index contributed by atoms with van der Waals surface area (Å²) >= 11 is 0. The number of rotatable bonds is 4. The molecule has 18 heavy (non-hydrogen) atoms. The first-order chi connectivity index (χ1) is 8.62. The van der Waals surface area contributed by atoms with Gasteiger partial charge < -0.3 is 4.74 Å². The minimum atomic E-state index is -3.60. The average molecular weight is 265 g/mol. The summed E-state index contributed by atoms with van der Waals surface area (Å²) in [5.41, 5.74) is 0.277. The second-order valence-electron chi connectivity index (χ2n) is 3.38. The van der Waals surface area contributed by atoms with Crippen molar-refractivity contribution in [3.8, 4) is 6.01 Å². The van der Waals surface area contributed by atoms with Gasteiger partial charge in [-0.15, -0.1) is 0 Å². The molecule has 1 N–H and O–H groups in total. The molecule has 7 heteroatoms. The largest absolute Gasteiger partial charge is 0.467 e. The van der Waals surface area contributed by atoms with Crippen molar-refractivity contribution in [1.29, 1.82) is 0 Å². The Morgan fingerprint density at radius 3 is 2.28 bits per heavy atom. The van der Waals surface area contributed by atoms with Crippen LogP contribution >= 0.6 is 0 Å². The van der Waals surface area contributed by atoms with Crippen molar-refractivity contribution in [3.05, 3.63) is 42.7 Å². The third kappa shape index (κ3) is 2.75. The summed E-state index contributed by atoms with van der Waals surface area (Å²) in [6, 6.07) is 8.24. The van der Waals surface area contributed by atoms with Crippen LogP contribution in [0.25, 0.3) is 0 Å². The van der Waals surface area contributed by atoms with Gasteiger partial charge in [-0.25, -0.2) is 18.4 Å². The highest BCUT2D eigenvalue weighted by Gasteiger charge is 2.13. The first-order valence-corrected chi connectivity index (χ1v) is 6.54. The van der Waals surface area contributed by atoms with E-state index in [0.717, 1.165) is 0 Å². The molecule has 0 radical (unpaired) electrons. The van der Waals surface area contributed by atoms with Gasteiger partial charge in [-0.2, -0.15) is 0 Å². The standard InChI is InChI=1S/C11H11N3O3S/c1-17-11-12-7-9(8-13-11)14-18(15,16)10-5-3-2-4-6-10/h2-8,14H,1H3. The number of aromatic nitrogens is 2. The van der Waals surface area contributed by atoms with E-state index in [4.69, 9.17) is 4.74 Å². The van der Waals surface area contributed by atoms with Crippen LogP contribution in [-0.2, 0) is 10.0 Å². The van der Waals surface area contributed by atoms with Crippen LogP contribution < -0.4 is 9.46 Å². The second-order valence-corrected chi connectivity index (χ2v) is 5.06. The molecule has 1 aromatic heterocycles. The quantitative estimate of drug-likeness (QED) is 0.900. The third-order valence-corrected chi connectivity index (χ3v) is 3.51. The number of nitrogens with one attached hydrogen (secondary N) is 1. The molecule has 0 amide bonds. The number of methoxy groups -OCH3 is 1. The zero-order valence-electron chi connectivity index (χ0n) is 9.57. The van der Waals surface area contributed by atoms with Gasteiger partial charge in [0.25, 0.3) is 10.0 Å². The van der Waals surface area contributed by atoms with Gasteiger partial charge in [0.05, 0.1) is 30.1 Å². The molecule has 6 nitrogen and oxygen atoms in total. The van der Waals surface area contributed by atoms with Crippen LogP contribution in [0.1, 0.15) is 0 Å². The third-order valence-electron chi connectivity index (χ3n) is 2.12. The molecule has 0 spiro atoms. The number of benzene rings is 1. The first kappa shape index (κ1) is 12.3. The number of sulfonamides is 1. The van der Waals surface area contributed by atoms with E-state index in [9.17, 15) is 8.42 Å². The summed E-state index contributed by atoms with van der Waals surface area (Å²) in [6.45, 7) is 0. The zero-order valence-corrected chi connectivity index (χ0v) is 10.4. The van der Waals surface area contributed by atoms with Crippen LogP contribution in [0.5, 0.6) is 6.01 Å². The van der Waals surface area contributed by atoms with E-state index >= 15 is 0 Å². The Bertz CT molecular complexity index is 612. The van der Waals surface area contributed by atoms with Crippen LogP contribution in [0.3, 0.4) is 0 Å². The molecule has 0 aliphatic heterocycles. The molecule has 0 aliphatic rings. The maximum Gasteiger partial charge on any atom is 0.316 e. The van der Waals surface area contributed by atoms with Crippen molar-refractivity contribution in [3.63, 3.8) is 0 Å². The number of ether oxygens (including phenoxy) is 1.